The molecule has 46 heavy (non-hydrogen) atoms. The van der Waals surface area contributed by atoms with Crippen molar-refractivity contribution in [2.75, 3.05) is 6.61 Å². The van der Waals surface area contributed by atoms with Crippen molar-refractivity contribution in [3.63, 3.8) is 0 Å². The second-order valence-corrected chi connectivity index (χ2v) is 12.4. The zero-order valence-corrected chi connectivity index (χ0v) is 25.3. The van der Waals surface area contributed by atoms with E-state index in [0.717, 1.165) is 44.1 Å². The van der Waals surface area contributed by atoms with Gasteiger partial charge in [-0.2, -0.15) is 0 Å². The Morgan fingerprint density at radius 1 is 0.522 bits per heavy atom. The van der Waals surface area contributed by atoms with Crippen LogP contribution in [0.5, 0.6) is 0 Å². The molecular formula is C38H28O7S. The number of esters is 3. The average Bonchev–Trinajstić information content (AvgIpc) is 3.38. The van der Waals surface area contributed by atoms with Gasteiger partial charge >= 0.3 is 17.9 Å². The molecule has 2 unspecified atom stereocenters. The van der Waals surface area contributed by atoms with Crippen LogP contribution < -0.4 is 0 Å². The summed E-state index contributed by atoms with van der Waals surface area (Å²) in [6.45, 7) is -0.187. The van der Waals surface area contributed by atoms with E-state index >= 15 is 0 Å². The minimum Gasteiger partial charge on any atom is -0.461 e. The molecule has 6 aromatic carbocycles. The summed E-state index contributed by atoms with van der Waals surface area (Å²) in [7, 11) is 0. The first-order valence-corrected chi connectivity index (χ1v) is 15.8. The second-order valence-electron chi connectivity index (χ2n) is 11.1. The Hall–Kier alpha value is -5.18. The zero-order valence-electron chi connectivity index (χ0n) is 24.4. The lowest BCUT2D eigenvalue weighted by atomic mass is 10.1. The Morgan fingerprint density at radius 3 is 1.37 bits per heavy atom. The molecule has 0 amide bonds. The van der Waals surface area contributed by atoms with E-state index in [2.05, 4.69) is 0 Å². The van der Waals surface area contributed by atoms with E-state index in [1.165, 1.54) is 0 Å². The van der Waals surface area contributed by atoms with Crippen LogP contribution >= 0.6 is 11.8 Å². The molecule has 0 spiro atoms. The van der Waals surface area contributed by atoms with Gasteiger partial charge in [0.1, 0.15) is 12.0 Å². The van der Waals surface area contributed by atoms with Crippen molar-refractivity contribution in [3.8, 4) is 0 Å². The highest BCUT2D eigenvalue weighted by Gasteiger charge is 2.49. The topological polar surface area (TPSA) is 99.1 Å². The fraction of sp³-hybridized carbons (Fsp3) is 0.132. The van der Waals surface area contributed by atoms with Crippen LogP contribution in [0.3, 0.4) is 0 Å². The molecule has 8 heteroatoms. The summed E-state index contributed by atoms with van der Waals surface area (Å²) in [5.41, 5.74) is -0.271. The second kappa shape index (κ2) is 12.7. The fourth-order valence-corrected chi connectivity index (χ4v) is 6.92. The maximum Gasteiger partial charge on any atom is 0.338 e. The standard InChI is InChI=1S/C38H28O7S/c39-35(29-16-13-23-7-1-4-10-26(23)19-29)43-22-32-33(44-36(40)30-17-14-24-8-2-5-11-27(24)20-30)34(38(42)46-32)45-37(41)31-18-15-25-9-3-6-12-28(25)21-31/h1-21,32-34,38,42H,22H2/t32-,33-,34?,38?/m0/s1. The van der Waals surface area contributed by atoms with Crippen LogP contribution in [0, 0.1) is 0 Å². The first-order chi connectivity index (χ1) is 22.4. The summed E-state index contributed by atoms with van der Waals surface area (Å²) in [6.07, 6.45) is -2.31. The van der Waals surface area contributed by atoms with E-state index in [1.54, 1.807) is 36.4 Å². The van der Waals surface area contributed by atoms with E-state index in [4.69, 9.17) is 14.2 Å². The largest absolute Gasteiger partial charge is 0.461 e. The number of aliphatic hydroxyl groups excluding tert-OH is 1. The predicted octanol–water partition coefficient (Wildman–Crippen LogP) is 7.19. The number of benzene rings is 6. The van der Waals surface area contributed by atoms with Gasteiger partial charge in [-0.05, 0) is 68.7 Å². The Bertz CT molecular complexity index is 2110. The van der Waals surface area contributed by atoms with Crippen LogP contribution in [0.4, 0.5) is 0 Å². The van der Waals surface area contributed by atoms with Crippen LogP contribution in [0.25, 0.3) is 32.3 Å². The van der Waals surface area contributed by atoms with Crippen LogP contribution in [0.1, 0.15) is 31.1 Å². The quantitative estimate of drug-likeness (QED) is 0.147. The molecule has 0 aliphatic carbocycles. The molecule has 1 N–H and O–H groups in total. The molecule has 1 heterocycles. The lowest BCUT2D eigenvalue weighted by Gasteiger charge is -2.24. The molecule has 0 aromatic heterocycles. The van der Waals surface area contributed by atoms with Gasteiger partial charge in [-0.25, -0.2) is 14.4 Å². The molecule has 1 saturated heterocycles. The van der Waals surface area contributed by atoms with Crippen LogP contribution in [0.15, 0.2) is 127 Å². The number of fused-ring (bicyclic) bond motifs is 3. The monoisotopic (exact) mass is 628 g/mol. The molecule has 1 aliphatic rings. The van der Waals surface area contributed by atoms with Gasteiger partial charge < -0.3 is 19.3 Å². The van der Waals surface area contributed by atoms with E-state index < -0.39 is 40.8 Å². The molecule has 0 saturated carbocycles. The highest BCUT2D eigenvalue weighted by Crippen LogP contribution is 2.38. The van der Waals surface area contributed by atoms with Gasteiger partial charge in [-0.15, -0.1) is 11.8 Å². The van der Waals surface area contributed by atoms with Gasteiger partial charge in [0.2, 0.25) is 0 Å². The van der Waals surface area contributed by atoms with Gasteiger partial charge in [0.25, 0.3) is 0 Å². The molecule has 1 fully saturated rings. The summed E-state index contributed by atoms with van der Waals surface area (Å²) in [5.74, 6) is -1.88. The Labute approximate surface area is 268 Å². The van der Waals surface area contributed by atoms with Crippen LogP contribution in [-0.2, 0) is 14.2 Å². The molecule has 4 atom stereocenters. The smallest absolute Gasteiger partial charge is 0.338 e. The maximum atomic E-state index is 13.5. The molecule has 7 nitrogen and oxygen atoms in total. The fourth-order valence-electron chi connectivity index (χ4n) is 5.68. The molecule has 6 aromatic rings. The maximum absolute atomic E-state index is 13.5. The summed E-state index contributed by atoms with van der Waals surface area (Å²) >= 11 is 1.02. The lowest BCUT2D eigenvalue weighted by molar-refractivity contribution is -0.0557. The number of carbonyl (C=O) groups is 3. The minimum absolute atomic E-state index is 0.187. The Kier molecular flexibility index (Phi) is 8.13. The molecule has 0 radical (unpaired) electrons. The molecule has 228 valence electrons. The normalized spacial score (nSPS) is 19.2. The van der Waals surface area contributed by atoms with Crippen LogP contribution in [-0.4, -0.2) is 52.5 Å². The van der Waals surface area contributed by atoms with Crippen molar-refractivity contribution in [1.82, 2.24) is 0 Å². The highest BCUT2D eigenvalue weighted by molar-refractivity contribution is 8.00. The predicted molar refractivity (Wildman–Crippen MR) is 178 cm³/mol. The summed E-state index contributed by atoms with van der Waals surface area (Å²) < 4.78 is 17.4. The first-order valence-electron chi connectivity index (χ1n) is 14.8. The minimum atomic E-state index is -1.23. The molecule has 1 aliphatic heterocycles. The van der Waals surface area contributed by atoms with Crippen molar-refractivity contribution >= 4 is 62.0 Å². The van der Waals surface area contributed by atoms with Gasteiger partial charge in [0.15, 0.2) is 12.2 Å². The van der Waals surface area contributed by atoms with E-state index in [-0.39, 0.29) is 6.61 Å². The first kappa shape index (κ1) is 29.5. The van der Waals surface area contributed by atoms with Gasteiger partial charge in [-0.1, -0.05) is 91.0 Å². The van der Waals surface area contributed by atoms with E-state index in [9.17, 15) is 19.5 Å². The number of rotatable bonds is 7. The number of thioether (sulfide) groups is 1. The molecular weight excluding hydrogens is 600 g/mol. The number of hydrogen-bond donors (Lipinski definition) is 1. The Balaban J connectivity index is 1.13. The van der Waals surface area contributed by atoms with Crippen molar-refractivity contribution in [2.24, 2.45) is 0 Å². The van der Waals surface area contributed by atoms with E-state index in [1.807, 2.05) is 91.0 Å². The lowest BCUT2D eigenvalue weighted by Crippen LogP contribution is -2.41. The molecule has 0 bridgehead atoms. The van der Waals surface area contributed by atoms with Crippen LogP contribution in [0.2, 0.25) is 0 Å². The van der Waals surface area contributed by atoms with Gasteiger partial charge in [0.05, 0.1) is 21.9 Å². The van der Waals surface area contributed by atoms with E-state index in [0.29, 0.717) is 16.7 Å². The summed E-state index contributed by atoms with van der Waals surface area (Å²) in [4.78, 5) is 39.9. The van der Waals surface area contributed by atoms with Gasteiger partial charge in [-0.3, -0.25) is 0 Å². The molecule has 7 rings (SSSR count). The third-order valence-corrected chi connectivity index (χ3v) is 9.41. The number of carbonyl (C=O) groups excluding carboxylic acids is 3. The third-order valence-electron chi connectivity index (χ3n) is 8.11. The van der Waals surface area contributed by atoms with Crippen molar-refractivity contribution in [2.45, 2.75) is 22.9 Å². The number of ether oxygens (including phenoxy) is 3. The Morgan fingerprint density at radius 2 is 0.913 bits per heavy atom. The third kappa shape index (κ3) is 6.05. The summed E-state index contributed by atoms with van der Waals surface area (Å²) in [6, 6.07) is 38.6. The zero-order chi connectivity index (χ0) is 31.6. The van der Waals surface area contributed by atoms with Crippen molar-refractivity contribution in [3.05, 3.63) is 144 Å². The summed E-state index contributed by atoms with van der Waals surface area (Å²) in [5, 5.41) is 15.9. The van der Waals surface area contributed by atoms with Crippen molar-refractivity contribution in [1.29, 1.82) is 0 Å². The SMILES string of the molecule is O=C(OC[C@@H]1SC(O)C(OC(=O)c2ccc3ccccc3c2)[C@H]1OC(=O)c1ccc2ccccc2c1)c1ccc2ccccc2c1. The number of hydrogen-bond acceptors (Lipinski definition) is 8. The van der Waals surface area contributed by atoms with Crippen molar-refractivity contribution < 1.29 is 33.7 Å². The van der Waals surface area contributed by atoms with Gasteiger partial charge in [0, 0.05) is 0 Å². The highest BCUT2D eigenvalue weighted by atomic mass is 32.2. The number of aliphatic hydroxyl groups is 1. The average molecular weight is 629 g/mol.